The van der Waals surface area contributed by atoms with E-state index in [1.807, 2.05) is 0 Å². The molecule has 2 saturated carbocycles. The summed E-state index contributed by atoms with van der Waals surface area (Å²) >= 11 is 0. The summed E-state index contributed by atoms with van der Waals surface area (Å²) in [7, 11) is 0. The first-order valence-electron chi connectivity index (χ1n) is 8.27. The van der Waals surface area contributed by atoms with Crippen LogP contribution in [0.1, 0.15) is 0 Å². The molecule has 24 heteroatoms. The van der Waals surface area contributed by atoms with E-state index in [1.165, 1.54) is 0 Å². The Morgan fingerprint density at radius 1 is 0.297 bits per heavy atom. The number of likely N-dealkylation sites (tertiary alicyclic amines) is 1. The molecular formula is C13F23N. The maximum atomic E-state index is 15.3. The van der Waals surface area contributed by atoms with Gasteiger partial charge in [-0.2, -0.15) is 83.4 Å². The molecule has 3 fully saturated rings. The molecule has 0 radical (unpaired) electrons. The predicted octanol–water partition coefficient (Wildman–Crippen LogP) is 6.68. The van der Waals surface area contributed by atoms with Crippen molar-refractivity contribution in [1.82, 2.24) is 4.90 Å². The van der Waals surface area contributed by atoms with Crippen LogP contribution in [-0.2, 0) is 0 Å². The van der Waals surface area contributed by atoms with E-state index in [0.717, 1.165) is 0 Å². The smallest absolute Gasteiger partial charge is 0.227 e. The maximum absolute atomic E-state index is 15.3. The van der Waals surface area contributed by atoms with Gasteiger partial charge in [0.05, 0.1) is 0 Å². The molecule has 0 bridgehead atoms. The van der Waals surface area contributed by atoms with Gasteiger partial charge in [0.25, 0.3) is 22.9 Å². The van der Waals surface area contributed by atoms with Crippen molar-refractivity contribution in [2.24, 2.45) is 0 Å². The Morgan fingerprint density at radius 3 is 0.676 bits per heavy atom. The van der Waals surface area contributed by atoms with Crippen molar-refractivity contribution in [3.8, 4) is 0 Å². The number of hydrogen-bond donors (Lipinski definition) is 0. The Bertz CT molecular complexity index is 952. The van der Waals surface area contributed by atoms with Crippen LogP contribution < -0.4 is 0 Å². The maximum Gasteiger partial charge on any atom is 0.465 e. The molecule has 4 atom stereocenters. The molecule has 0 N–H and O–H groups in total. The van der Waals surface area contributed by atoms with Crippen molar-refractivity contribution in [3.63, 3.8) is 0 Å². The molecule has 1 saturated heterocycles. The second-order valence-corrected chi connectivity index (χ2v) is 7.96. The molecule has 0 aromatic rings. The van der Waals surface area contributed by atoms with Crippen LogP contribution in [0.4, 0.5) is 101 Å². The van der Waals surface area contributed by atoms with Crippen LogP contribution in [0.3, 0.4) is 0 Å². The zero-order valence-corrected chi connectivity index (χ0v) is 15.6. The molecule has 218 valence electrons. The van der Waals surface area contributed by atoms with Crippen LogP contribution >= 0.6 is 0 Å². The van der Waals surface area contributed by atoms with Crippen LogP contribution in [0.25, 0.3) is 0 Å². The Labute approximate surface area is 184 Å². The fourth-order valence-electron chi connectivity index (χ4n) is 4.53. The second kappa shape index (κ2) is 6.07. The highest BCUT2D eigenvalue weighted by Crippen LogP contribution is 2.85. The molecule has 0 unspecified atom stereocenters. The molecule has 1 nitrogen and oxygen atoms in total. The van der Waals surface area contributed by atoms with E-state index in [4.69, 9.17) is 0 Å². The average molecular weight is 607 g/mol. The zero-order valence-electron chi connectivity index (χ0n) is 15.6. The van der Waals surface area contributed by atoms with Crippen molar-refractivity contribution < 1.29 is 101 Å². The normalized spacial score (nSPS) is 46.1. The third kappa shape index (κ3) is 2.02. The Kier molecular flexibility index (Phi) is 4.90. The van der Waals surface area contributed by atoms with Gasteiger partial charge in [0.1, 0.15) is 0 Å². The third-order valence-electron chi connectivity index (χ3n) is 6.32. The Hall–Kier alpha value is -1.65. The van der Waals surface area contributed by atoms with E-state index in [0.29, 0.717) is 0 Å². The minimum absolute atomic E-state index is 5.03. The monoisotopic (exact) mass is 607 g/mol. The molecule has 3 aliphatic rings. The van der Waals surface area contributed by atoms with Crippen LogP contribution in [0.5, 0.6) is 0 Å². The lowest BCUT2D eigenvalue weighted by Gasteiger charge is -2.58. The molecule has 2 aliphatic carbocycles. The summed E-state index contributed by atoms with van der Waals surface area (Å²) in [5, 5.41) is 0. The lowest BCUT2D eigenvalue weighted by Crippen LogP contribution is -2.92. The molecule has 37 heavy (non-hydrogen) atoms. The third-order valence-corrected chi connectivity index (χ3v) is 6.32. The summed E-state index contributed by atoms with van der Waals surface area (Å²) in [4.78, 5) is -5.03. The van der Waals surface area contributed by atoms with Crippen LogP contribution in [0, 0.1) is 0 Å². The summed E-state index contributed by atoms with van der Waals surface area (Å²) in [6.07, 6.45) is -8.51. The number of nitrogens with zero attached hydrogens (tertiary/aromatic N) is 1. The van der Waals surface area contributed by atoms with E-state index >= 15 is 17.6 Å². The highest BCUT2D eigenvalue weighted by atomic mass is 19.4. The quantitative estimate of drug-likeness (QED) is 0.220. The first kappa shape index (κ1) is 29.9. The van der Waals surface area contributed by atoms with Gasteiger partial charge in [-0.05, 0) is 0 Å². The zero-order chi connectivity index (χ0) is 30.1. The number of rotatable bonds is 0. The van der Waals surface area contributed by atoms with Crippen LogP contribution in [0.15, 0.2) is 0 Å². The lowest BCUT2D eigenvalue weighted by molar-refractivity contribution is -0.502. The van der Waals surface area contributed by atoms with Gasteiger partial charge < -0.3 is 0 Å². The highest BCUT2D eigenvalue weighted by Gasteiger charge is 3.19. The fourth-order valence-corrected chi connectivity index (χ4v) is 4.53. The highest BCUT2D eigenvalue weighted by molar-refractivity contribution is 5.48. The van der Waals surface area contributed by atoms with Crippen molar-refractivity contribution >= 4 is 0 Å². The number of hydrogen-bond acceptors (Lipinski definition) is 1. The molecule has 0 spiro atoms. The molecule has 1 heterocycles. The summed E-state index contributed by atoms with van der Waals surface area (Å²) in [5.74, 6) is -88.6. The van der Waals surface area contributed by atoms with Crippen LogP contribution in [-0.4, -0.2) is 81.5 Å². The van der Waals surface area contributed by atoms with Gasteiger partial charge in [-0.3, -0.25) is 0 Å². The second-order valence-electron chi connectivity index (χ2n) is 7.96. The summed E-state index contributed by atoms with van der Waals surface area (Å²) in [6.45, 7) is 0. The fraction of sp³-hybridized carbons (Fsp3) is 1.00. The summed E-state index contributed by atoms with van der Waals surface area (Å²) in [6, 6.07) is 0. The van der Waals surface area contributed by atoms with Gasteiger partial charge >= 0.3 is 53.7 Å². The van der Waals surface area contributed by atoms with Gasteiger partial charge in [-0.25, -0.2) is 17.6 Å². The molecule has 0 aromatic heterocycles. The summed E-state index contributed by atoms with van der Waals surface area (Å²) in [5.41, 5.74) is -18.6. The first-order valence-corrected chi connectivity index (χ1v) is 8.27. The van der Waals surface area contributed by atoms with Gasteiger partial charge in [-0.15, -0.1) is 4.90 Å². The number of fused-ring (bicyclic) bond motifs is 3. The predicted molar refractivity (Wildman–Crippen MR) is 62.8 cm³/mol. The minimum Gasteiger partial charge on any atom is -0.227 e. The van der Waals surface area contributed by atoms with E-state index in [-0.39, 0.29) is 0 Å². The van der Waals surface area contributed by atoms with Crippen molar-refractivity contribution in [3.05, 3.63) is 0 Å². The average Bonchev–Trinajstić information content (AvgIpc) is 2.82. The van der Waals surface area contributed by atoms with Crippen molar-refractivity contribution in [2.75, 3.05) is 0 Å². The summed E-state index contributed by atoms with van der Waals surface area (Å²) < 4.78 is 323. The Balaban J connectivity index is 2.83. The van der Waals surface area contributed by atoms with E-state index in [2.05, 4.69) is 0 Å². The minimum atomic E-state index is -9.28. The van der Waals surface area contributed by atoms with E-state index < -0.39 is 81.5 Å². The number of alkyl halides is 23. The van der Waals surface area contributed by atoms with E-state index in [9.17, 15) is 83.4 Å². The molecular weight excluding hydrogens is 607 g/mol. The topological polar surface area (TPSA) is 3.24 Å². The molecule has 0 amide bonds. The lowest BCUT2D eigenvalue weighted by atomic mass is 9.58. The molecule has 1 aliphatic heterocycles. The standard InChI is InChI=1S/C13F23N/c14-1-2(15)4(18,19)6(22,23)8(26,27)10(30,31)12(2,33)37(13(34,35)36)11(1,32)9(28,29)7(24,25)5(20,21)3(1,16)17/t1-,2-,11-,12+/m1/s1. The largest absolute Gasteiger partial charge is 0.465 e. The van der Waals surface area contributed by atoms with Gasteiger partial charge in [0.15, 0.2) is 0 Å². The van der Waals surface area contributed by atoms with Crippen LogP contribution in [0.2, 0.25) is 0 Å². The molecule has 3 rings (SSSR count). The first-order chi connectivity index (χ1) is 15.6. The number of halogens is 23. The molecule has 0 aromatic carbocycles. The van der Waals surface area contributed by atoms with E-state index in [1.54, 1.807) is 0 Å². The van der Waals surface area contributed by atoms with Crippen molar-refractivity contribution in [1.29, 1.82) is 0 Å². The van der Waals surface area contributed by atoms with Gasteiger partial charge in [0, 0.05) is 0 Å². The van der Waals surface area contributed by atoms with Crippen molar-refractivity contribution in [2.45, 2.75) is 76.6 Å². The SMILES string of the molecule is FC(F)(F)N1[C@@]2(F)C(F)(F)C(F)(F)C(F)(F)C(F)(F)[C@]2(F)[C@@]2(F)C(F)(F)C(F)(F)C(F)(F)C(F)(F)[C@@]12F. The Morgan fingerprint density at radius 2 is 0.486 bits per heavy atom. The van der Waals surface area contributed by atoms with Gasteiger partial charge in [0.2, 0.25) is 0 Å². The van der Waals surface area contributed by atoms with Gasteiger partial charge in [-0.1, -0.05) is 0 Å².